The zero-order chi connectivity index (χ0) is 29.0. The van der Waals surface area contributed by atoms with Gasteiger partial charge in [0.05, 0.1) is 17.5 Å². The first kappa shape index (κ1) is 38.6. The molecule has 2 aromatic rings. The monoisotopic (exact) mass is 704 g/mol. The van der Waals surface area contributed by atoms with Crippen LogP contribution in [0.15, 0.2) is 55.5 Å². The van der Waals surface area contributed by atoms with Crippen molar-refractivity contribution >= 4 is 62.6 Å². The van der Waals surface area contributed by atoms with Crippen LogP contribution in [0.4, 0.5) is 0 Å². The zero-order valence-electron chi connectivity index (χ0n) is 19.7. The van der Waals surface area contributed by atoms with Crippen molar-refractivity contribution in [1.29, 1.82) is 10.8 Å². The maximum absolute atomic E-state index is 11.2. The Morgan fingerprint density at radius 2 is 1.21 bits per heavy atom. The average molecular weight is 706 g/mol. The van der Waals surface area contributed by atoms with Crippen LogP contribution in [0.3, 0.4) is 0 Å². The maximum atomic E-state index is 11.2. The third-order valence-electron chi connectivity index (χ3n) is 2.93. The van der Waals surface area contributed by atoms with E-state index in [1.165, 1.54) is 29.5 Å². The molecule has 208 valence electrons. The molecule has 2 rings (SSSR count). The molecule has 0 saturated carbocycles. The molecule has 0 saturated heterocycles. The van der Waals surface area contributed by atoms with Crippen molar-refractivity contribution in [1.82, 2.24) is 15.8 Å². The Morgan fingerprint density at radius 1 is 0.921 bits per heavy atom. The van der Waals surface area contributed by atoms with Gasteiger partial charge in [0.25, 0.3) is 0 Å². The summed E-state index contributed by atoms with van der Waals surface area (Å²) >= 11 is 6.46. The van der Waals surface area contributed by atoms with E-state index in [2.05, 4.69) is 52.9 Å². The predicted molar refractivity (Wildman–Crippen MR) is 143 cm³/mol. The molecule has 0 atom stereocenters. The number of halogens is 2. The molecular formula is C19H23Br2CoN10O6. The number of nitrogens with one attached hydrogen (secondary N) is 4. The van der Waals surface area contributed by atoms with Crippen molar-refractivity contribution in [3.8, 4) is 11.5 Å². The molecule has 8 N–H and O–H groups in total. The number of carbonyl (C=O) groups is 1. The fourth-order valence-corrected chi connectivity index (χ4v) is 2.34. The summed E-state index contributed by atoms with van der Waals surface area (Å²) in [6, 6.07) is 9.43. The van der Waals surface area contributed by atoms with Crippen LogP contribution in [-0.2, 0) is 21.6 Å². The fraction of sp³-hybridized carbons (Fsp3) is 0.105. The SMILES string of the molecule is CN(C)C=O.N=C(N)N/N=C/c1cc(Br)ccc1[O-].N=C(N)N/N=C/c1cc(Br)ccc1[O-].O=[N+]([O-])[O-].[Co+3]. The summed E-state index contributed by atoms with van der Waals surface area (Å²) in [6.07, 6.45) is 3.38. The smallest absolute Gasteiger partial charge is 0.872 e. The van der Waals surface area contributed by atoms with Gasteiger partial charge in [0.2, 0.25) is 18.3 Å². The summed E-state index contributed by atoms with van der Waals surface area (Å²) in [5.41, 5.74) is 15.3. The Morgan fingerprint density at radius 3 is 1.45 bits per heavy atom. The number of hydrogen-bond donors (Lipinski definition) is 6. The van der Waals surface area contributed by atoms with E-state index in [1.54, 1.807) is 38.4 Å². The third-order valence-corrected chi connectivity index (χ3v) is 3.92. The maximum Gasteiger partial charge on any atom is 3.00 e. The molecule has 0 spiro atoms. The minimum Gasteiger partial charge on any atom is -0.872 e. The van der Waals surface area contributed by atoms with Crippen molar-refractivity contribution in [3.63, 3.8) is 0 Å². The van der Waals surface area contributed by atoms with Gasteiger partial charge in [-0.25, -0.2) is 10.9 Å². The fourth-order valence-electron chi connectivity index (χ4n) is 1.58. The number of carbonyl (C=O) groups excluding carboxylic acids is 1. The van der Waals surface area contributed by atoms with Crippen molar-refractivity contribution < 1.29 is 36.9 Å². The molecule has 2 aromatic carbocycles. The van der Waals surface area contributed by atoms with Gasteiger partial charge in [-0.3, -0.25) is 15.6 Å². The van der Waals surface area contributed by atoms with Crippen LogP contribution in [0.25, 0.3) is 0 Å². The molecule has 1 amide bonds. The van der Waals surface area contributed by atoms with Crippen LogP contribution in [0.5, 0.6) is 11.5 Å². The second-order valence-corrected chi connectivity index (χ2v) is 8.06. The van der Waals surface area contributed by atoms with Gasteiger partial charge in [-0.15, -0.1) is 0 Å². The van der Waals surface area contributed by atoms with Gasteiger partial charge in [0.1, 0.15) is 0 Å². The molecule has 0 aliphatic rings. The molecule has 0 aliphatic carbocycles. The summed E-state index contributed by atoms with van der Waals surface area (Å²) < 4.78 is 1.59. The number of nitrogens with zero attached hydrogens (tertiary/aromatic N) is 4. The largest absolute Gasteiger partial charge is 3.00 e. The van der Waals surface area contributed by atoms with Crippen molar-refractivity contribution in [3.05, 3.63) is 71.8 Å². The number of hydrogen-bond acceptors (Lipinski definition) is 10. The number of guanidine groups is 2. The second kappa shape index (κ2) is 22.3. The first-order valence-corrected chi connectivity index (χ1v) is 10.9. The Hall–Kier alpha value is -3.94. The summed E-state index contributed by atoms with van der Waals surface area (Å²) in [4.78, 5) is 19.1. The molecule has 0 aromatic heterocycles. The van der Waals surface area contributed by atoms with Gasteiger partial charge >= 0.3 is 16.8 Å². The molecule has 0 bridgehead atoms. The Bertz CT molecular complexity index is 1030. The van der Waals surface area contributed by atoms with E-state index in [0.717, 1.165) is 15.4 Å². The number of hydrazone groups is 2. The predicted octanol–water partition coefficient (Wildman–Crippen LogP) is 0.142. The second-order valence-electron chi connectivity index (χ2n) is 6.22. The quantitative estimate of drug-likeness (QED) is 0.0804. The normalized spacial score (nSPS) is 9.16. The summed E-state index contributed by atoms with van der Waals surface area (Å²) in [5, 5.41) is 58.0. The van der Waals surface area contributed by atoms with Gasteiger partial charge < -0.3 is 41.9 Å². The third kappa shape index (κ3) is 23.8. The first-order chi connectivity index (χ1) is 17.2. The Kier molecular flexibility index (Phi) is 22.6. The minimum atomic E-state index is -1.75. The van der Waals surface area contributed by atoms with E-state index < -0.39 is 5.09 Å². The van der Waals surface area contributed by atoms with E-state index in [1.807, 2.05) is 0 Å². The molecule has 16 nitrogen and oxygen atoms in total. The summed E-state index contributed by atoms with van der Waals surface area (Å²) in [6.45, 7) is 0. The van der Waals surface area contributed by atoms with E-state index in [9.17, 15) is 15.0 Å². The van der Waals surface area contributed by atoms with E-state index >= 15 is 0 Å². The molecule has 38 heavy (non-hydrogen) atoms. The van der Waals surface area contributed by atoms with Gasteiger partial charge in [-0.1, -0.05) is 55.5 Å². The standard InChI is InChI=1S/2C8H9BrN4O.C3H7NO.Co.NO3/c2*9-6-1-2-7(14)5(3-6)4-12-13-8(10)11;1-4(2)3-5;;2-1(3)4/h2*1-4,14H,(H4,10,11,13);3H,1-2H3;;/q;;;+3;-1/p-2/b2*12-4+;;;. The average Bonchev–Trinajstić information content (AvgIpc) is 2.78. The van der Waals surface area contributed by atoms with Crippen LogP contribution >= 0.6 is 31.9 Å². The minimum absolute atomic E-state index is 0. The van der Waals surface area contributed by atoms with Gasteiger partial charge in [-0.05, 0) is 35.4 Å². The van der Waals surface area contributed by atoms with Gasteiger partial charge in [0.15, 0.2) is 0 Å². The molecule has 0 radical (unpaired) electrons. The summed E-state index contributed by atoms with van der Waals surface area (Å²) in [7, 11) is 3.38. The van der Waals surface area contributed by atoms with Crippen LogP contribution in [0, 0.1) is 26.1 Å². The summed E-state index contributed by atoms with van der Waals surface area (Å²) in [5.74, 6) is -0.822. The molecule has 19 heteroatoms. The Labute approximate surface area is 244 Å². The van der Waals surface area contributed by atoms with Crippen LogP contribution in [0.1, 0.15) is 11.1 Å². The van der Waals surface area contributed by atoms with E-state index in [0.29, 0.717) is 11.1 Å². The van der Waals surface area contributed by atoms with Crippen molar-refractivity contribution in [2.75, 3.05) is 14.1 Å². The number of rotatable bonds is 5. The van der Waals surface area contributed by atoms with Crippen LogP contribution in [-0.4, -0.2) is 54.8 Å². The molecule has 0 fully saturated rings. The molecule has 0 unspecified atom stereocenters. The van der Waals surface area contributed by atoms with Crippen molar-refractivity contribution in [2.45, 2.75) is 0 Å². The number of benzene rings is 2. The van der Waals surface area contributed by atoms with Crippen LogP contribution < -0.4 is 32.5 Å². The number of amides is 1. The molecular weight excluding hydrogens is 683 g/mol. The molecule has 0 heterocycles. The topological polar surface area (TPSA) is 281 Å². The van der Waals surface area contributed by atoms with Crippen LogP contribution in [0.2, 0.25) is 0 Å². The van der Waals surface area contributed by atoms with Crippen molar-refractivity contribution in [2.24, 2.45) is 21.7 Å². The zero-order valence-corrected chi connectivity index (χ0v) is 23.9. The van der Waals surface area contributed by atoms with E-state index in [4.69, 9.17) is 37.6 Å². The Balaban J connectivity index is -0.000000482. The first-order valence-electron chi connectivity index (χ1n) is 9.32. The number of nitrogens with two attached hydrogens (primary N) is 2. The van der Waals surface area contributed by atoms with Gasteiger partial charge in [0, 0.05) is 23.0 Å². The molecule has 0 aliphatic heterocycles. The van der Waals surface area contributed by atoms with E-state index in [-0.39, 0.29) is 40.2 Å². The van der Waals surface area contributed by atoms with Gasteiger partial charge in [-0.2, -0.15) is 10.2 Å².